The molecule has 3 amide bonds. The fraction of sp³-hybridized carbons (Fsp3) is 0.182. The fourth-order valence-electron chi connectivity index (χ4n) is 3.46. The molecule has 1 aliphatic heterocycles. The molecule has 0 saturated carbocycles. The normalized spacial score (nSPS) is 14.0. The zero-order valence-corrected chi connectivity index (χ0v) is 18.0. The Labute approximate surface area is 195 Å². The smallest absolute Gasteiger partial charge is 0.439 e. The van der Waals surface area contributed by atoms with Gasteiger partial charge in [0.2, 0.25) is 11.8 Å². The van der Waals surface area contributed by atoms with E-state index in [1.807, 2.05) is 0 Å². The summed E-state index contributed by atoms with van der Waals surface area (Å²) in [5, 5.41) is 0. The highest BCUT2D eigenvalue weighted by Gasteiger charge is 2.40. The van der Waals surface area contributed by atoms with Gasteiger partial charge in [-0.25, -0.2) is 19.1 Å². The van der Waals surface area contributed by atoms with E-state index in [-0.39, 0.29) is 23.2 Å². The van der Waals surface area contributed by atoms with Crippen LogP contribution in [0.1, 0.15) is 12.5 Å². The van der Waals surface area contributed by atoms with Crippen molar-refractivity contribution in [1.29, 1.82) is 0 Å². The van der Waals surface area contributed by atoms with E-state index in [4.69, 9.17) is 10.5 Å². The molecule has 1 aliphatic rings. The number of hydrogen-bond donors (Lipinski definition) is 1. The van der Waals surface area contributed by atoms with E-state index in [2.05, 4.69) is 14.7 Å². The van der Waals surface area contributed by atoms with Crippen LogP contribution in [0.15, 0.2) is 48.7 Å². The first-order valence-corrected chi connectivity index (χ1v) is 10.1. The fourth-order valence-corrected chi connectivity index (χ4v) is 3.46. The van der Waals surface area contributed by atoms with Gasteiger partial charge in [0.05, 0.1) is 5.69 Å². The predicted molar refractivity (Wildman–Crippen MR) is 116 cm³/mol. The molecule has 182 valence electrons. The summed E-state index contributed by atoms with van der Waals surface area (Å²) in [6.45, 7) is 1.34. The van der Waals surface area contributed by atoms with Crippen molar-refractivity contribution in [3.8, 4) is 17.4 Å². The molecule has 0 atom stereocenters. The van der Waals surface area contributed by atoms with Crippen molar-refractivity contribution in [2.24, 2.45) is 0 Å². The number of hydrogen-bond acceptors (Lipinski definition) is 7. The standard InChI is InChI=1S/C22H17F4N5O4/c1-2-12-9-14(34-18-7-8-28-20(27)29-18)4-6-16(12)31-19(32)11-30(21(31)33)13-3-5-15(23)17(10-13)35-22(24,25)26/h3-10H,2,11H2,1H3,(H2,27,28,29). The Morgan fingerprint density at radius 2 is 1.89 bits per heavy atom. The van der Waals surface area contributed by atoms with Gasteiger partial charge in [-0.2, -0.15) is 4.98 Å². The van der Waals surface area contributed by atoms with Crippen molar-refractivity contribution in [2.75, 3.05) is 22.1 Å². The molecule has 1 fully saturated rings. The maximum Gasteiger partial charge on any atom is 0.573 e. The molecule has 0 unspecified atom stereocenters. The number of amides is 3. The Kier molecular flexibility index (Phi) is 6.16. The molecule has 2 heterocycles. The van der Waals surface area contributed by atoms with Crippen LogP contribution in [0.4, 0.5) is 39.7 Å². The molecule has 0 aliphatic carbocycles. The van der Waals surface area contributed by atoms with Crippen LogP contribution < -0.4 is 25.0 Å². The third kappa shape index (κ3) is 5.08. The number of carbonyl (C=O) groups is 2. The lowest BCUT2D eigenvalue weighted by Gasteiger charge is -2.20. The number of carbonyl (C=O) groups excluding carboxylic acids is 2. The Bertz CT molecular complexity index is 1300. The lowest BCUT2D eigenvalue weighted by Crippen LogP contribution is -2.33. The highest BCUT2D eigenvalue weighted by Crippen LogP contribution is 2.35. The molecule has 0 spiro atoms. The second kappa shape index (κ2) is 9.08. The van der Waals surface area contributed by atoms with Gasteiger partial charge in [0.25, 0.3) is 5.91 Å². The van der Waals surface area contributed by atoms with Gasteiger partial charge >= 0.3 is 12.4 Å². The zero-order chi connectivity index (χ0) is 25.3. The van der Waals surface area contributed by atoms with E-state index < -0.39 is 36.4 Å². The highest BCUT2D eigenvalue weighted by molar-refractivity contribution is 6.27. The van der Waals surface area contributed by atoms with Crippen LogP contribution in [0.25, 0.3) is 0 Å². The molecule has 3 aromatic rings. The Balaban J connectivity index is 1.61. The number of nitrogen functional groups attached to an aromatic ring is 1. The van der Waals surface area contributed by atoms with Crippen LogP contribution in [0.3, 0.4) is 0 Å². The number of rotatable bonds is 6. The minimum absolute atomic E-state index is 0.0211. The molecule has 4 rings (SSSR count). The first-order valence-electron chi connectivity index (χ1n) is 10.1. The van der Waals surface area contributed by atoms with E-state index in [9.17, 15) is 27.2 Å². The number of anilines is 3. The molecule has 0 radical (unpaired) electrons. The van der Waals surface area contributed by atoms with Crippen molar-refractivity contribution in [3.63, 3.8) is 0 Å². The van der Waals surface area contributed by atoms with Crippen LogP contribution >= 0.6 is 0 Å². The molecule has 0 bridgehead atoms. The number of aryl methyl sites for hydroxylation is 1. The first-order chi connectivity index (χ1) is 16.6. The van der Waals surface area contributed by atoms with Crippen molar-refractivity contribution >= 4 is 29.3 Å². The lowest BCUT2D eigenvalue weighted by molar-refractivity contribution is -0.275. The molecule has 9 nitrogen and oxygen atoms in total. The van der Waals surface area contributed by atoms with Gasteiger partial charge in [0, 0.05) is 24.0 Å². The van der Waals surface area contributed by atoms with Gasteiger partial charge in [0.15, 0.2) is 11.6 Å². The van der Waals surface area contributed by atoms with Crippen LogP contribution in [-0.4, -0.2) is 34.8 Å². The van der Waals surface area contributed by atoms with E-state index in [0.29, 0.717) is 23.8 Å². The zero-order valence-electron chi connectivity index (χ0n) is 18.0. The van der Waals surface area contributed by atoms with E-state index in [0.717, 1.165) is 21.9 Å². The molecule has 1 saturated heterocycles. The van der Waals surface area contributed by atoms with Crippen molar-refractivity contribution in [3.05, 3.63) is 60.0 Å². The summed E-state index contributed by atoms with van der Waals surface area (Å²) in [7, 11) is 0. The summed E-state index contributed by atoms with van der Waals surface area (Å²) >= 11 is 0. The molecule has 1 aromatic heterocycles. The largest absolute Gasteiger partial charge is 0.573 e. The molecule has 2 N–H and O–H groups in total. The Hall–Kier alpha value is -4.42. The van der Waals surface area contributed by atoms with E-state index in [1.165, 1.54) is 24.4 Å². The average Bonchev–Trinajstić information content (AvgIpc) is 3.08. The summed E-state index contributed by atoms with van der Waals surface area (Å²) in [4.78, 5) is 35.4. The van der Waals surface area contributed by atoms with E-state index >= 15 is 0 Å². The second-order valence-corrected chi connectivity index (χ2v) is 7.26. The number of nitrogens with two attached hydrogens (primary N) is 1. The van der Waals surface area contributed by atoms with Crippen molar-refractivity contribution in [1.82, 2.24) is 9.97 Å². The van der Waals surface area contributed by atoms with Gasteiger partial charge in [-0.3, -0.25) is 9.69 Å². The van der Waals surface area contributed by atoms with E-state index in [1.54, 1.807) is 13.0 Å². The summed E-state index contributed by atoms with van der Waals surface area (Å²) in [6, 6.07) is 7.84. The second-order valence-electron chi connectivity index (χ2n) is 7.26. The summed E-state index contributed by atoms with van der Waals surface area (Å²) in [5.74, 6) is -2.42. The SMILES string of the molecule is CCc1cc(Oc2ccnc(N)n2)ccc1N1C(=O)CN(c2ccc(F)c(OC(F)(F)F)c2)C1=O. The minimum atomic E-state index is -5.13. The topological polar surface area (TPSA) is 111 Å². The number of imide groups is 1. The molecular formula is C22H17F4N5O4. The van der Waals surface area contributed by atoms with Crippen molar-refractivity contribution < 1.29 is 36.6 Å². The number of benzene rings is 2. The molecular weight excluding hydrogens is 474 g/mol. The highest BCUT2D eigenvalue weighted by atomic mass is 19.4. The summed E-state index contributed by atoms with van der Waals surface area (Å²) < 4.78 is 60.8. The van der Waals surface area contributed by atoms with Crippen LogP contribution in [0, 0.1) is 5.82 Å². The third-order valence-electron chi connectivity index (χ3n) is 4.96. The maximum atomic E-state index is 13.8. The van der Waals surface area contributed by atoms with Gasteiger partial charge in [0.1, 0.15) is 12.3 Å². The van der Waals surface area contributed by atoms with Crippen molar-refractivity contribution in [2.45, 2.75) is 19.7 Å². The molecule has 13 heteroatoms. The first kappa shape index (κ1) is 23.7. The average molecular weight is 491 g/mol. The van der Waals surface area contributed by atoms with Gasteiger partial charge < -0.3 is 15.2 Å². The number of aromatic nitrogens is 2. The number of halogens is 4. The molecule has 2 aromatic carbocycles. The lowest BCUT2D eigenvalue weighted by atomic mass is 10.1. The Morgan fingerprint density at radius 1 is 1.11 bits per heavy atom. The van der Waals surface area contributed by atoms with Gasteiger partial charge in [-0.05, 0) is 42.3 Å². The number of alkyl halides is 3. The summed E-state index contributed by atoms with van der Waals surface area (Å²) in [6.07, 6.45) is -3.30. The molecule has 35 heavy (non-hydrogen) atoms. The maximum absolute atomic E-state index is 13.8. The Morgan fingerprint density at radius 3 is 2.57 bits per heavy atom. The van der Waals surface area contributed by atoms with Gasteiger partial charge in [-0.15, -0.1) is 13.2 Å². The minimum Gasteiger partial charge on any atom is -0.439 e. The van der Waals surface area contributed by atoms with Crippen LogP contribution in [0.5, 0.6) is 17.4 Å². The number of urea groups is 1. The monoisotopic (exact) mass is 491 g/mol. The summed E-state index contributed by atoms with van der Waals surface area (Å²) in [5.41, 5.74) is 6.26. The van der Waals surface area contributed by atoms with Crippen LogP contribution in [-0.2, 0) is 11.2 Å². The third-order valence-corrected chi connectivity index (χ3v) is 4.96. The number of nitrogens with zero attached hydrogens (tertiary/aromatic N) is 4. The number of ether oxygens (including phenoxy) is 2. The van der Waals surface area contributed by atoms with Gasteiger partial charge in [-0.1, -0.05) is 6.92 Å². The van der Waals surface area contributed by atoms with Crippen LogP contribution in [0.2, 0.25) is 0 Å². The predicted octanol–water partition coefficient (Wildman–Crippen LogP) is 4.42. The quantitative estimate of drug-likeness (QED) is 0.401.